The minimum atomic E-state index is 1.00. The Balaban J connectivity index is 1.78. The highest BCUT2D eigenvalue weighted by molar-refractivity contribution is 5.86. The van der Waals surface area contributed by atoms with Gasteiger partial charge in [0, 0.05) is 35.9 Å². The van der Waals surface area contributed by atoms with Crippen molar-refractivity contribution in [2.24, 2.45) is 7.05 Å². The molecule has 0 aliphatic carbocycles. The standard InChI is InChI=1S/C19H20N2/c1-14-6-5-7-15(12-14)21-11-10-17-16-8-3-4-9-18(16)20(2)19(17)13-21/h3-9,12H,10-11,13H2,1-2H3. The van der Waals surface area contributed by atoms with Gasteiger partial charge < -0.3 is 9.47 Å². The SMILES string of the molecule is Cc1cccc(N2CCc3c(n(C)c4ccccc34)C2)c1. The predicted octanol–water partition coefficient (Wildman–Crippen LogP) is 4.05. The third kappa shape index (κ3) is 1.94. The fraction of sp³-hybridized carbons (Fsp3) is 0.263. The monoisotopic (exact) mass is 276 g/mol. The molecule has 0 radical (unpaired) electrons. The van der Waals surface area contributed by atoms with E-state index in [0.29, 0.717) is 0 Å². The average molecular weight is 276 g/mol. The van der Waals surface area contributed by atoms with Gasteiger partial charge >= 0.3 is 0 Å². The number of aromatic nitrogens is 1. The van der Waals surface area contributed by atoms with Crippen molar-refractivity contribution in [1.29, 1.82) is 0 Å². The molecular formula is C19H20N2. The minimum Gasteiger partial charge on any atom is -0.365 e. The second-order valence-electron chi connectivity index (χ2n) is 6.01. The van der Waals surface area contributed by atoms with E-state index in [-0.39, 0.29) is 0 Å². The summed E-state index contributed by atoms with van der Waals surface area (Å²) in [6.45, 7) is 4.27. The third-order valence-electron chi connectivity index (χ3n) is 4.68. The zero-order valence-electron chi connectivity index (χ0n) is 12.6. The maximum absolute atomic E-state index is 2.49. The summed E-state index contributed by atoms with van der Waals surface area (Å²) >= 11 is 0. The molecule has 0 N–H and O–H groups in total. The van der Waals surface area contributed by atoms with Crippen molar-refractivity contribution < 1.29 is 0 Å². The van der Waals surface area contributed by atoms with E-state index in [0.717, 1.165) is 19.5 Å². The van der Waals surface area contributed by atoms with E-state index >= 15 is 0 Å². The van der Waals surface area contributed by atoms with Crippen LogP contribution in [0.25, 0.3) is 10.9 Å². The molecule has 0 spiro atoms. The smallest absolute Gasteiger partial charge is 0.0585 e. The summed E-state index contributed by atoms with van der Waals surface area (Å²) in [6, 6.07) is 17.6. The summed E-state index contributed by atoms with van der Waals surface area (Å²) in [6.07, 6.45) is 1.13. The maximum Gasteiger partial charge on any atom is 0.0585 e. The molecule has 0 bridgehead atoms. The number of hydrogen-bond acceptors (Lipinski definition) is 1. The molecule has 0 atom stereocenters. The highest BCUT2D eigenvalue weighted by atomic mass is 15.2. The van der Waals surface area contributed by atoms with Crippen LogP contribution in [0.4, 0.5) is 5.69 Å². The highest BCUT2D eigenvalue weighted by Crippen LogP contribution is 2.32. The number of rotatable bonds is 1. The summed E-state index contributed by atoms with van der Waals surface area (Å²) in [5, 5.41) is 1.43. The van der Waals surface area contributed by atoms with E-state index < -0.39 is 0 Å². The van der Waals surface area contributed by atoms with Crippen molar-refractivity contribution in [3.63, 3.8) is 0 Å². The van der Waals surface area contributed by atoms with Crippen molar-refractivity contribution in [3.05, 3.63) is 65.4 Å². The molecule has 2 heteroatoms. The van der Waals surface area contributed by atoms with E-state index in [9.17, 15) is 0 Å². The van der Waals surface area contributed by atoms with Crippen LogP contribution in [0.3, 0.4) is 0 Å². The van der Waals surface area contributed by atoms with Crippen LogP contribution in [0.2, 0.25) is 0 Å². The molecule has 1 aliphatic rings. The van der Waals surface area contributed by atoms with Gasteiger partial charge in [-0.3, -0.25) is 0 Å². The van der Waals surface area contributed by atoms with Gasteiger partial charge in [-0.2, -0.15) is 0 Å². The number of anilines is 1. The normalized spacial score (nSPS) is 14.5. The molecular weight excluding hydrogens is 256 g/mol. The fourth-order valence-corrected chi connectivity index (χ4v) is 3.56. The van der Waals surface area contributed by atoms with Crippen LogP contribution < -0.4 is 4.90 Å². The Morgan fingerprint density at radius 1 is 1.00 bits per heavy atom. The van der Waals surface area contributed by atoms with E-state index in [4.69, 9.17) is 0 Å². The largest absolute Gasteiger partial charge is 0.365 e. The van der Waals surface area contributed by atoms with Gasteiger partial charge in [0.05, 0.1) is 6.54 Å². The lowest BCUT2D eigenvalue weighted by Gasteiger charge is -2.30. The summed E-state index contributed by atoms with van der Waals surface area (Å²) in [4.78, 5) is 2.49. The number of aryl methyl sites for hydroxylation is 2. The molecule has 0 saturated heterocycles. The molecule has 1 aliphatic heterocycles. The van der Waals surface area contributed by atoms with Crippen LogP contribution in [0, 0.1) is 6.92 Å². The van der Waals surface area contributed by atoms with Gasteiger partial charge in [-0.05, 0) is 42.7 Å². The third-order valence-corrected chi connectivity index (χ3v) is 4.68. The van der Waals surface area contributed by atoms with Crippen LogP contribution in [0.1, 0.15) is 16.8 Å². The number of nitrogens with zero attached hydrogens (tertiary/aromatic N) is 2. The first-order chi connectivity index (χ1) is 10.2. The minimum absolute atomic E-state index is 1.00. The molecule has 0 unspecified atom stereocenters. The van der Waals surface area contributed by atoms with Gasteiger partial charge in [-0.25, -0.2) is 0 Å². The summed E-state index contributed by atoms with van der Waals surface area (Å²) in [7, 11) is 2.20. The number of hydrogen-bond donors (Lipinski definition) is 0. The molecule has 2 heterocycles. The Hall–Kier alpha value is -2.22. The molecule has 3 aromatic rings. The van der Waals surface area contributed by atoms with Crippen molar-refractivity contribution >= 4 is 16.6 Å². The van der Waals surface area contributed by atoms with E-state index in [1.54, 1.807) is 0 Å². The zero-order valence-corrected chi connectivity index (χ0v) is 12.6. The Morgan fingerprint density at radius 3 is 2.71 bits per heavy atom. The lowest BCUT2D eigenvalue weighted by Crippen LogP contribution is -2.31. The van der Waals surface area contributed by atoms with Gasteiger partial charge in [-0.15, -0.1) is 0 Å². The number of benzene rings is 2. The van der Waals surface area contributed by atoms with Crippen LogP contribution in [-0.2, 0) is 20.0 Å². The lowest BCUT2D eigenvalue weighted by atomic mass is 10.0. The Kier molecular flexibility index (Phi) is 2.78. The Labute approximate surface area is 125 Å². The molecule has 2 nitrogen and oxygen atoms in total. The van der Waals surface area contributed by atoms with Crippen molar-refractivity contribution in [1.82, 2.24) is 4.57 Å². The zero-order chi connectivity index (χ0) is 14.4. The van der Waals surface area contributed by atoms with Gasteiger partial charge in [0.2, 0.25) is 0 Å². The average Bonchev–Trinajstić information content (AvgIpc) is 2.81. The van der Waals surface area contributed by atoms with Gasteiger partial charge in [0.25, 0.3) is 0 Å². The second-order valence-corrected chi connectivity index (χ2v) is 6.01. The lowest BCUT2D eigenvalue weighted by molar-refractivity contribution is 0.689. The predicted molar refractivity (Wildman–Crippen MR) is 88.9 cm³/mol. The molecule has 21 heavy (non-hydrogen) atoms. The Morgan fingerprint density at radius 2 is 1.86 bits per heavy atom. The first-order valence-electron chi connectivity index (χ1n) is 7.61. The van der Waals surface area contributed by atoms with E-state index in [1.807, 2.05) is 0 Å². The van der Waals surface area contributed by atoms with Crippen LogP contribution >= 0.6 is 0 Å². The molecule has 1 aromatic heterocycles. The van der Waals surface area contributed by atoms with Gasteiger partial charge in [0.1, 0.15) is 0 Å². The number of fused-ring (bicyclic) bond motifs is 3. The van der Waals surface area contributed by atoms with Crippen molar-refractivity contribution in [2.75, 3.05) is 11.4 Å². The summed E-state index contributed by atoms with van der Waals surface area (Å²) < 4.78 is 2.37. The van der Waals surface area contributed by atoms with Crippen LogP contribution in [0.5, 0.6) is 0 Å². The molecule has 0 amide bonds. The first-order valence-corrected chi connectivity index (χ1v) is 7.61. The quantitative estimate of drug-likeness (QED) is 0.651. The second kappa shape index (κ2) is 4.66. The fourth-order valence-electron chi connectivity index (χ4n) is 3.56. The van der Waals surface area contributed by atoms with Crippen molar-refractivity contribution in [2.45, 2.75) is 19.9 Å². The molecule has 4 rings (SSSR count). The molecule has 2 aromatic carbocycles. The van der Waals surface area contributed by atoms with Gasteiger partial charge in [0.15, 0.2) is 0 Å². The van der Waals surface area contributed by atoms with Gasteiger partial charge in [-0.1, -0.05) is 30.3 Å². The van der Waals surface area contributed by atoms with Crippen molar-refractivity contribution in [3.8, 4) is 0 Å². The Bertz CT molecular complexity index is 814. The van der Waals surface area contributed by atoms with E-state index in [2.05, 4.69) is 72.0 Å². The first kappa shape index (κ1) is 12.5. The number of para-hydroxylation sites is 1. The van der Waals surface area contributed by atoms with Crippen LogP contribution in [0.15, 0.2) is 48.5 Å². The molecule has 0 saturated carbocycles. The summed E-state index contributed by atoms with van der Waals surface area (Å²) in [5.74, 6) is 0. The highest BCUT2D eigenvalue weighted by Gasteiger charge is 2.22. The topological polar surface area (TPSA) is 8.17 Å². The van der Waals surface area contributed by atoms with E-state index in [1.165, 1.54) is 33.4 Å². The van der Waals surface area contributed by atoms with Crippen LogP contribution in [-0.4, -0.2) is 11.1 Å². The maximum atomic E-state index is 2.49. The summed E-state index contributed by atoms with van der Waals surface area (Å²) in [5.41, 5.74) is 7.02. The molecule has 106 valence electrons. The molecule has 0 fully saturated rings.